The summed E-state index contributed by atoms with van der Waals surface area (Å²) in [5.74, 6) is -0.551. The van der Waals surface area contributed by atoms with Crippen LogP contribution in [-0.2, 0) is 9.59 Å². The van der Waals surface area contributed by atoms with Crippen molar-refractivity contribution in [3.63, 3.8) is 0 Å². The Morgan fingerprint density at radius 3 is 2.44 bits per heavy atom. The maximum atomic E-state index is 12.5. The van der Waals surface area contributed by atoms with E-state index in [1.165, 1.54) is 0 Å². The third kappa shape index (κ3) is 3.45. The average Bonchev–Trinajstić information content (AvgIpc) is 2.69. The van der Waals surface area contributed by atoms with Crippen molar-refractivity contribution in [2.24, 2.45) is 5.41 Å². The molecule has 0 aromatic heterocycles. The smallest absolute Gasteiger partial charge is 0.246 e. The van der Waals surface area contributed by atoms with Crippen LogP contribution in [0.1, 0.15) is 40.5 Å². The first-order chi connectivity index (χ1) is 8.27. The predicted molar refractivity (Wildman–Crippen MR) is 68.9 cm³/mol. The lowest BCUT2D eigenvalue weighted by molar-refractivity contribution is -0.140. The lowest BCUT2D eigenvalue weighted by Crippen LogP contribution is -2.55. The van der Waals surface area contributed by atoms with Gasteiger partial charge in [-0.15, -0.1) is 0 Å². The maximum absolute atomic E-state index is 12.5. The quantitative estimate of drug-likeness (QED) is 0.773. The minimum atomic E-state index is -0.588. The SMILES string of the molecule is CC1CCCN1C(=O)C(NC(=O)CO)C(C)(C)C. The zero-order valence-electron chi connectivity index (χ0n) is 11.7. The van der Waals surface area contributed by atoms with E-state index >= 15 is 0 Å². The van der Waals surface area contributed by atoms with E-state index in [2.05, 4.69) is 5.32 Å². The van der Waals surface area contributed by atoms with E-state index in [0.29, 0.717) is 0 Å². The molecule has 18 heavy (non-hydrogen) atoms. The van der Waals surface area contributed by atoms with Gasteiger partial charge in [-0.25, -0.2) is 0 Å². The Morgan fingerprint density at radius 2 is 2.06 bits per heavy atom. The molecule has 1 saturated heterocycles. The van der Waals surface area contributed by atoms with Crippen LogP contribution >= 0.6 is 0 Å². The first kappa shape index (κ1) is 15.0. The average molecular weight is 256 g/mol. The van der Waals surface area contributed by atoms with Crippen LogP contribution in [0.3, 0.4) is 0 Å². The molecule has 1 aliphatic heterocycles. The second-order valence-corrected chi connectivity index (χ2v) is 6.05. The van der Waals surface area contributed by atoms with Crippen LogP contribution in [-0.4, -0.2) is 47.1 Å². The van der Waals surface area contributed by atoms with Gasteiger partial charge in [-0.1, -0.05) is 20.8 Å². The van der Waals surface area contributed by atoms with Gasteiger partial charge in [0.05, 0.1) is 0 Å². The summed E-state index contributed by atoms with van der Waals surface area (Å²) in [6, 6.07) is -0.355. The van der Waals surface area contributed by atoms with Crippen LogP contribution in [0, 0.1) is 5.41 Å². The van der Waals surface area contributed by atoms with Gasteiger partial charge in [0.25, 0.3) is 0 Å². The number of amides is 2. The molecule has 2 unspecified atom stereocenters. The molecule has 1 heterocycles. The number of aliphatic hydroxyl groups is 1. The normalized spacial score (nSPS) is 21.8. The molecule has 0 saturated carbocycles. The Balaban J connectivity index is 2.82. The Bertz CT molecular complexity index is 323. The van der Waals surface area contributed by atoms with E-state index in [-0.39, 0.29) is 17.4 Å². The van der Waals surface area contributed by atoms with Crippen LogP contribution in [0.25, 0.3) is 0 Å². The van der Waals surface area contributed by atoms with E-state index in [9.17, 15) is 9.59 Å². The van der Waals surface area contributed by atoms with Crippen LogP contribution < -0.4 is 5.32 Å². The molecular weight excluding hydrogens is 232 g/mol. The molecule has 0 radical (unpaired) electrons. The zero-order valence-corrected chi connectivity index (χ0v) is 11.7. The van der Waals surface area contributed by atoms with E-state index in [1.54, 1.807) is 0 Å². The number of rotatable bonds is 3. The maximum Gasteiger partial charge on any atom is 0.246 e. The van der Waals surface area contributed by atoms with Gasteiger partial charge in [0.1, 0.15) is 12.6 Å². The van der Waals surface area contributed by atoms with Crippen molar-refractivity contribution < 1.29 is 14.7 Å². The van der Waals surface area contributed by atoms with Crippen LogP contribution in [0.2, 0.25) is 0 Å². The summed E-state index contributed by atoms with van der Waals surface area (Å²) in [6.07, 6.45) is 2.02. The highest BCUT2D eigenvalue weighted by molar-refractivity contribution is 5.89. The third-order valence-corrected chi connectivity index (χ3v) is 3.40. The molecule has 0 spiro atoms. The zero-order chi connectivity index (χ0) is 13.9. The summed E-state index contributed by atoms with van der Waals surface area (Å²) in [5.41, 5.74) is -0.371. The second-order valence-electron chi connectivity index (χ2n) is 6.05. The van der Waals surface area contributed by atoms with Gasteiger partial charge in [0, 0.05) is 12.6 Å². The van der Waals surface area contributed by atoms with Crippen molar-refractivity contribution in [3.05, 3.63) is 0 Å². The first-order valence-electron chi connectivity index (χ1n) is 6.48. The largest absolute Gasteiger partial charge is 0.387 e. The minimum absolute atomic E-state index is 0.0469. The molecule has 104 valence electrons. The first-order valence-corrected chi connectivity index (χ1v) is 6.48. The molecule has 2 atom stereocenters. The van der Waals surface area contributed by atoms with Crippen LogP contribution in [0.4, 0.5) is 0 Å². The van der Waals surface area contributed by atoms with Gasteiger partial charge in [-0.3, -0.25) is 9.59 Å². The van der Waals surface area contributed by atoms with Gasteiger partial charge in [0.15, 0.2) is 0 Å². The number of hydrogen-bond acceptors (Lipinski definition) is 3. The molecule has 0 aromatic carbocycles. The second kappa shape index (κ2) is 5.69. The third-order valence-electron chi connectivity index (χ3n) is 3.40. The summed E-state index contributed by atoms with van der Waals surface area (Å²) < 4.78 is 0. The molecule has 1 aliphatic rings. The van der Waals surface area contributed by atoms with Crippen molar-refractivity contribution in [3.8, 4) is 0 Å². The molecule has 0 bridgehead atoms. The Morgan fingerprint density at radius 1 is 1.44 bits per heavy atom. The highest BCUT2D eigenvalue weighted by Crippen LogP contribution is 2.25. The molecule has 1 fully saturated rings. The van der Waals surface area contributed by atoms with Crippen molar-refractivity contribution in [2.75, 3.05) is 13.2 Å². The van der Waals surface area contributed by atoms with Crippen molar-refractivity contribution >= 4 is 11.8 Å². The lowest BCUT2D eigenvalue weighted by Gasteiger charge is -2.34. The number of carbonyl (C=O) groups excluding carboxylic acids is 2. The fraction of sp³-hybridized carbons (Fsp3) is 0.846. The standard InChI is InChI=1S/C13H24N2O3/c1-9-6-5-7-15(9)12(18)11(13(2,3)4)14-10(17)8-16/h9,11,16H,5-8H2,1-4H3,(H,14,17). The van der Waals surface area contributed by atoms with E-state index in [1.807, 2.05) is 32.6 Å². The monoisotopic (exact) mass is 256 g/mol. The summed E-state index contributed by atoms with van der Waals surface area (Å²) in [6.45, 7) is 7.92. The van der Waals surface area contributed by atoms with Gasteiger partial charge in [-0.2, -0.15) is 0 Å². The Kier molecular flexibility index (Phi) is 4.73. The highest BCUT2D eigenvalue weighted by atomic mass is 16.3. The Labute approximate surface area is 109 Å². The lowest BCUT2D eigenvalue weighted by atomic mass is 9.85. The summed E-state index contributed by atoms with van der Waals surface area (Å²) in [5, 5.41) is 11.4. The highest BCUT2D eigenvalue weighted by Gasteiger charge is 2.38. The molecule has 5 nitrogen and oxygen atoms in total. The number of hydrogen-bond donors (Lipinski definition) is 2. The fourth-order valence-corrected chi connectivity index (χ4v) is 2.28. The van der Waals surface area contributed by atoms with Crippen LogP contribution in [0.5, 0.6) is 0 Å². The van der Waals surface area contributed by atoms with Gasteiger partial charge in [0.2, 0.25) is 11.8 Å². The number of carbonyl (C=O) groups is 2. The topological polar surface area (TPSA) is 69.6 Å². The van der Waals surface area contributed by atoms with Crippen molar-refractivity contribution in [1.82, 2.24) is 10.2 Å². The van der Waals surface area contributed by atoms with Crippen LogP contribution in [0.15, 0.2) is 0 Å². The number of nitrogens with zero attached hydrogens (tertiary/aromatic N) is 1. The van der Waals surface area contributed by atoms with Gasteiger partial charge >= 0.3 is 0 Å². The molecule has 5 heteroatoms. The fourth-order valence-electron chi connectivity index (χ4n) is 2.28. The van der Waals surface area contributed by atoms with Crippen molar-refractivity contribution in [1.29, 1.82) is 0 Å². The molecule has 0 aromatic rings. The van der Waals surface area contributed by atoms with E-state index in [0.717, 1.165) is 19.4 Å². The van der Waals surface area contributed by atoms with Gasteiger partial charge < -0.3 is 15.3 Å². The molecule has 2 N–H and O–H groups in total. The number of nitrogens with one attached hydrogen (secondary N) is 1. The van der Waals surface area contributed by atoms with Gasteiger partial charge in [-0.05, 0) is 25.2 Å². The molecular formula is C13H24N2O3. The van der Waals surface area contributed by atoms with E-state index in [4.69, 9.17) is 5.11 Å². The number of aliphatic hydroxyl groups excluding tert-OH is 1. The van der Waals surface area contributed by atoms with Crippen molar-refractivity contribution in [2.45, 2.75) is 52.6 Å². The summed E-state index contributed by atoms with van der Waals surface area (Å²) in [7, 11) is 0. The predicted octanol–water partition coefficient (Wildman–Crippen LogP) is 0.520. The summed E-state index contributed by atoms with van der Waals surface area (Å²) >= 11 is 0. The minimum Gasteiger partial charge on any atom is -0.387 e. The number of likely N-dealkylation sites (tertiary alicyclic amines) is 1. The summed E-state index contributed by atoms with van der Waals surface area (Å²) in [4.78, 5) is 25.6. The molecule has 0 aliphatic carbocycles. The molecule has 1 rings (SSSR count). The van der Waals surface area contributed by atoms with E-state index < -0.39 is 18.6 Å². The molecule has 2 amide bonds. The Hall–Kier alpha value is -1.10.